The summed E-state index contributed by atoms with van der Waals surface area (Å²) in [5, 5.41) is 28.6. The maximum Gasteiger partial charge on any atom is 0.287 e. The lowest BCUT2D eigenvalue weighted by atomic mass is 10.1. The van der Waals surface area contributed by atoms with E-state index in [9.17, 15) is 19.8 Å². The Labute approximate surface area is 204 Å². The van der Waals surface area contributed by atoms with E-state index in [-0.39, 0.29) is 21.7 Å². The number of amides is 2. The van der Waals surface area contributed by atoms with Gasteiger partial charge in [0, 0.05) is 16.0 Å². The lowest BCUT2D eigenvalue weighted by molar-refractivity contribution is -0.117. The van der Waals surface area contributed by atoms with Crippen molar-refractivity contribution in [3.8, 4) is 11.5 Å². The predicted molar refractivity (Wildman–Crippen MR) is 132 cm³/mol. The van der Waals surface area contributed by atoms with Crippen molar-refractivity contribution in [2.24, 2.45) is 5.10 Å². The molecule has 10 heteroatoms. The van der Waals surface area contributed by atoms with Crippen molar-refractivity contribution < 1.29 is 19.8 Å². The molecule has 7 nitrogen and oxygen atoms in total. The van der Waals surface area contributed by atoms with Crippen LogP contribution in [0.2, 0.25) is 0 Å². The van der Waals surface area contributed by atoms with E-state index >= 15 is 0 Å². The molecule has 3 aromatic rings. The largest absolute Gasteiger partial charge is 0.506 e. The van der Waals surface area contributed by atoms with Gasteiger partial charge in [-0.1, -0.05) is 24.3 Å². The second-order valence-electron chi connectivity index (χ2n) is 6.46. The lowest BCUT2D eigenvalue weighted by Gasteiger charge is -2.11. The van der Waals surface area contributed by atoms with Gasteiger partial charge in [-0.15, -0.1) is 11.3 Å². The number of nitrogens with one attached hydrogen (secondary N) is 2. The Balaban J connectivity index is 1.83. The summed E-state index contributed by atoms with van der Waals surface area (Å²) in [6.07, 6.45) is 2.80. The average Bonchev–Trinajstić information content (AvgIpc) is 3.31. The second-order valence-corrected chi connectivity index (χ2v) is 9.02. The normalized spacial score (nSPS) is 11.5. The number of thiophene rings is 1. The van der Waals surface area contributed by atoms with Crippen molar-refractivity contribution in [3.63, 3.8) is 0 Å². The lowest BCUT2D eigenvalue weighted by Crippen LogP contribution is -2.32. The topological polar surface area (TPSA) is 111 Å². The summed E-state index contributed by atoms with van der Waals surface area (Å²) in [4.78, 5) is 26.1. The molecule has 1 aromatic heterocycles. The molecule has 0 saturated heterocycles. The molecule has 0 spiro atoms. The quantitative estimate of drug-likeness (QED) is 0.189. The number of hydrogen-bond donors (Lipinski definition) is 4. The van der Waals surface area contributed by atoms with Crippen molar-refractivity contribution >= 4 is 67.3 Å². The van der Waals surface area contributed by atoms with E-state index in [0.717, 1.165) is 4.88 Å². The third-order valence-corrected chi connectivity index (χ3v) is 6.87. The molecule has 32 heavy (non-hydrogen) atoms. The standard InChI is InChI=1S/C22H17Br2N3O4S/c1-12-15(19(28)18(24)20(29)17(12)23)11-25-27-22(31)16(10-14-8-5-9-32-14)26-21(30)13-6-3-2-4-7-13/h2-11,28-29H,1H3,(H,26,30)(H,27,31). The molecule has 0 fully saturated rings. The number of aromatic hydroxyl groups is 2. The number of hydrogen-bond acceptors (Lipinski definition) is 6. The molecule has 0 bridgehead atoms. The monoisotopic (exact) mass is 577 g/mol. The van der Waals surface area contributed by atoms with Gasteiger partial charge in [-0.05, 0) is 74.0 Å². The van der Waals surface area contributed by atoms with Crippen molar-refractivity contribution in [1.82, 2.24) is 10.7 Å². The zero-order valence-corrected chi connectivity index (χ0v) is 20.6. The van der Waals surface area contributed by atoms with Gasteiger partial charge in [0.15, 0.2) is 0 Å². The third kappa shape index (κ3) is 5.45. The summed E-state index contributed by atoms with van der Waals surface area (Å²) >= 11 is 7.76. The van der Waals surface area contributed by atoms with Gasteiger partial charge in [0.1, 0.15) is 21.7 Å². The number of phenols is 2. The number of halogens is 2. The summed E-state index contributed by atoms with van der Waals surface area (Å²) in [5.74, 6) is -1.46. The number of phenolic OH excluding ortho intramolecular Hbond substituents is 2. The summed E-state index contributed by atoms with van der Waals surface area (Å²) in [6.45, 7) is 1.67. The first-order chi connectivity index (χ1) is 15.3. The van der Waals surface area contributed by atoms with Crippen LogP contribution >= 0.6 is 43.2 Å². The Morgan fingerprint density at radius 1 is 1.03 bits per heavy atom. The van der Waals surface area contributed by atoms with Gasteiger partial charge in [-0.25, -0.2) is 5.43 Å². The van der Waals surface area contributed by atoms with E-state index in [0.29, 0.717) is 21.2 Å². The molecule has 0 aliphatic heterocycles. The molecule has 0 unspecified atom stereocenters. The molecule has 1 heterocycles. The van der Waals surface area contributed by atoms with E-state index < -0.39 is 11.8 Å². The van der Waals surface area contributed by atoms with Gasteiger partial charge in [0.2, 0.25) is 0 Å². The van der Waals surface area contributed by atoms with Crippen LogP contribution in [0, 0.1) is 6.92 Å². The number of carbonyl (C=O) groups excluding carboxylic acids is 2. The molecule has 164 valence electrons. The molecule has 4 N–H and O–H groups in total. The van der Waals surface area contributed by atoms with E-state index in [1.165, 1.54) is 17.6 Å². The highest BCUT2D eigenvalue weighted by atomic mass is 79.9. The third-order valence-electron chi connectivity index (χ3n) is 4.33. The Morgan fingerprint density at radius 3 is 2.41 bits per heavy atom. The predicted octanol–water partition coefficient (Wildman–Crippen LogP) is 4.91. The van der Waals surface area contributed by atoms with Crippen LogP contribution in [-0.4, -0.2) is 28.2 Å². The second kappa shape index (κ2) is 10.6. The number of benzene rings is 2. The van der Waals surface area contributed by atoms with Gasteiger partial charge in [-0.3, -0.25) is 9.59 Å². The highest BCUT2D eigenvalue weighted by molar-refractivity contribution is 9.11. The van der Waals surface area contributed by atoms with Gasteiger partial charge >= 0.3 is 0 Å². The zero-order valence-electron chi connectivity index (χ0n) is 16.6. The highest BCUT2D eigenvalue weighted by Crippen LogP contribution is 2.43. The fourth-order valence-electron chi connectivity index (χ4n) is 2.63. The first kappa shape index (κ1) is 23.7. The van der Waals surface area contributed by atoms with Gasteiger partial charge in [0.25, 0.3) is 11.8 Å². The fourth-order valence-corrected chi connectivity index (χ4v) is 4.38. The number of rotatable bonds is 6. The maximum atomic E-state index is 12.8. The average molecular weight is 579 g/mol. The molecular formula is C22H17Br2N3O4S. The fraction of sp³-hybridized carbons (Fsp3) is 0.0455. The number of carbonyl (C=O) groups is 2. The van der Waals surface area contributed by atoms with E-state index in [4.69, 9.17) is 0 Å². The van der Waals surface area contributed by atoms with Crippen LogP contribution in [0.1, 0.15) is 26.4 Å². The van der Waals surface area contributed by atoms with Crippen LogP contribution in [0.25, 0.3) is 6.08 Å². The molecule has 0 atom stereocenters. The van der Waals surface area contributed by atoms with Crippen LogP contribution in [0.5, 0.6) is 11.5 Å². The highest BCUT2D eigenvalue weighted by Gasteiger charge is 2.18. The molecule has 0 saturated carbocycles. The molecule has 0 radical (unpaired) electrons. The van der Waals surface area contributed by atoms with Crippen LogP contribution in [0.15, 0.2) is 67.6 Å². The first-order valence-electron chi connectivity index (χ1n) is 9.14. The van der Waals surface area contributed by atoms with Crippen molar-refractivity contribution in [2.45, 2.75) is 6.92 Å². The van der Waals surface area contributed by atoms with Gasteiger partial charge in [0.05, 0.1) is 10.7 Å². The smallest absolute Gasteiger partial charge is 0.287 e. The molecular weight excluding hydrogens is 562 g/mol. The first-order valence-corrected chi connectivity index (χ1v) is 11.6. The Bertz CT molecular complexity index is 1180. The van der Waals surface area contributed by atoms with E-state index in [1.807, 2.05) is 17.5 Å². The van der Waals surface area contributed by atoms with Crippen LogP contribution in [0.4, 0.5) is 0 Å². The summed E-state index contributed by atoms with van der Waals surface area (Å²) in [5.41, 5.74) is 3.58. The van der Waals surface area contributed by atoms with Gasteiger partial charge in [-0.2, -0.15) is 5.10 Å². The summed E-state index contributed by atoms with van der Waals surface area (Å²) < 4.78 is 0.472. The molecule has 0 aliphatic carbocycles. The Kier molecular flexibility index (Phi) is 7.84. The van der Waals surface area contributed by atoms with Crippen molar-refractivity contribution in [3.05, 3.63) is 84.1 Å². The Hall–Kier alpha value is -2.95. The number of nitrogens with zero attached hydrogens (tertiary/aromatic N) is 1. The van der Waals surface area contributed by atoms with Gasteiger partial charge < -0.3 is 15.5 Å². The van der Waals surface area contributed by atoms with E-state index in [1.54, 1.807) is 43.3 Å². The molecule has 3 rings (SSSR count). The van der Waals surface area contributed by atoms with Crippen LogP contribution in [0.3, 0.4) is 0 Å². The van der Waals surface area contributed by atoms with Crippen molar-refractivity contribution in [1.29, 1.82) is 0 Å². The molecule has 2 amide bonds. The zero-order chi connectivity index (χ0) is 23.3. The molecule has 0 aliphatic rings. The van der Waals surface area contributed by atoms with Crippen molar-refractivity contribution in [2.75, 3.05) is 0 Å². The van der Waals surface area contributed by atoms with Crippen LogP contribution < -0.4 is 10.7 Å². The summed E-state index contributed by atoms with van der Waals surface area (Å²) in [6, 6.07) is 12.2. The minimum absolute atomic E-state index is 0.00691. The minimum Gasteiger partial charge on any atom is -0.506 e. The maximum absolute atomic E-state index is 12.8. The van der Waals surface area contributed by atoms with Crippen LogP contribution in [-0.2, 0) is 4.79 Å². The molecule has 2 aromatic carbocycles. The summed E-state index contributed by atoms with van der Waals surface area (Å²) in [7, 11) is 0. The minimum atomic E-state index is -0.645. The Morgan fingerprint density at radius 2 is 1.75 bits per heavy atom. The SMILES string of the molecule is Cc1c(Br)c(O)c(Br)c(O)c1C=NNC(=O)C(=Cc1cccs1)NC(=O)c1ccccc1. The van der Waals surface area contributed by atoms with E-state index in [2.05, 4.69) is 47.7 Å². The number of hydrazone groups is 1.